The van der Waals surface area contributed by atoms with Crippen molar-refractivity contribution in [2.75, 3.05) is 5.75 Å². The second-order valence-corrected chi connectivity index (χ2v) is 1.78. The molecule has 0 aromatic heterocycles. The predicted molar refractivity (Wildman–Crippen MR) is 22.0 cm³/mol. The minimum atomic E-state index is -1.82. The molecule has 0 radical (unpaired) electrons. The molecule has 4 heteroatoms. The van der Waals surface area contributed by atoms with Crippen LogP contribution in [0.2, 0.25) is 0 Å². The van der Waals surface area contributed by atoms with E-state index in [4.69, 9.17) is 0 Å². The second-order valence-electron chi connectivity index (χ2n) is 0.592. The van der Waals surface area contributed by atoms with Crippen molar-refractivity contribution in [3.05, 3.63) is 0 Å². The van der Waals surface area contributed by atoms with Crippen molar-refractivity contribution in [2.45, 2.75) is 6.92 Å². The van der Waals surface area contributed by atoms with Gasteiger partial charge in [0.2, 0.25) is 0 Å². The molecule has 2 nitrogen and oxygen atoms in total. The molecule has 0 fully saturated rings. The van der Waals surface area contributed by atoms with E-state index in [1.54, 1.807) is 6.92 Å². The number of hydrogen-bond acceptors (Lipinski definition) is 2. The molecule has 6 heavy (non-hydrogen) atoms. The Morgan fingerprint density at radius 2 is 2.00 bits per heavy atom. The fourth-order valence-electron chi connectivity index (χ4n) is 0. The van der Waals surface area contributed by atoms with Crippen molar-refractivity contribution in [1.82, 2.24) is 0 Å². The lowest BCUT2D eigenvalue weighted by atomic mass is 11.0. The molecule has 0 spiro atoms. The first-order valence-electron chi connectivity index (χ1n) is 1.33. The summed E-state index contributed by atoms with van der Waals surface area (Å²) in [6.07, 6.45) is 0. The number of rotatable bonds is 1. The molecule has 0 aliphatic carbocycles. The summed E-state index contributed by atoms with van der Waals surface area (Å²) in [6.45, 7) is 1.59. The minimum absolute atomic E-state index is 0. The van der Waals surface area contributed by atoms with Crippen molar-refractivity contribution >= 4 is 11.1 Å². The first-order valence-corrected chi connectivity index (χ1v) is 2.57. The third-order valence-electron chi connectivity index (χ3n) is 0.236. The predicted octanol–water partition coefficient (Wildman–Crippen LogP) is 0.0379. The fraction of sp³-hybridized carbons (Fsp3) is 1.00. The van der Waals surface area contributed by atoms with Crippen molar-refractivity contribution in [3.63, 3.8) is 0 Å². The van der Waals surface area contributed by atoms with Crippen molar-refractivity contribution in [1.29, 1.82) is 0 Å². The molecular formula is C2H6FO2S-. The molecule has 1 unspecified atom stereocenters. The Balaban J connectivity index is 0. The largest absolute Gasteiger partial charge is 0.772 e. The normalized spacial score (nSPS) is 12.3. The molecule has 0 heterocycles. The summed E-state index contributed by atoms with van der Waals surface area (Å²) in [5.41, 5.74) is 0. The molecule has 0 aliphatic rings. The highest BCUT2D eigenvalue weighted by atomic mass is 32.2. The van der Waals surface area contributed by atoms with Crippen molar-refractivity contribution in [2.24, 2.45) is 0 Å². The van der Waals surface area contributed by atoms with E-state index in [-0.39, 0.29) is 10.5 Å². The molecule has 0 amide bonds. The lowest BCUT2D eigenvalue weighted by molar-refractivity contribution is 0.538. The van der Waals surface area contributed by atoms with Gasteiger partial charge in [0.05, 0.1) is 0 Å². The third-order valence-corrected chi connectivity index (χ3v) is 0.707. The van der Waals surface area contributed by atoms with Crippen LogP contribution in [0.4, 0.5) is 4.70 Å². The summed E-state index contributed by atoms with van der Waals surface area (Å²) in [4.78, 5) is 0. The lowest BCUT2D eigenvalue weighted by Gasteiger charge is -1.93. The second kappa shape index (κ2) is 5.04. The monoisotopic (exact) mass is 113 g/mol. The van der Waals surface area contributed by atoms with Crippen LogP contribution in [0, 0.1) is 0 Å². The van der Waals surface area contributed by atoms with Gasteiger partial charge in [-0.05, 0) is 0 Å². The highest BCUT2D eigenvalue weighted by Crippen LogP contribution is 1.63. The molecule has 0 bridgehead atoms. The lowest BCUT2D eigenvalue weighted by Crippen LogP contribution is -1.85. The van der Waals surface area contributed by atoms with Crippen LogP contribution < -0.4 is 0 Å². The first kappa shape index (κ1) is 9.40. The Morgan fingerprint density at radius 3 is 2.00 bits per heavy atom. The topological polar surface area (TPSA) is 40.1 Å². The maximum absolute atomic E-state index is 9.37. The van der Waals surface area contributed by atoms with Crippen LogP contribution in [0.25, 0.3) is 0 Å². The van der Waals surface area contributed by atoms with E-state index in [1.165, 1.54) is 0 Å². The van der Waals surface area contributed by atoms with Gasteiger partial charge in [0.25, 0.3) is 0 Å². The van der Waals surface area contributed by atoms with Crippen LogP contribution in [-0.2, 0) is 11.1 Å². The molecular weight excluding hydrogens is 107 g/mol. The zero-order chi connectivity index (χ0) is 4.28. The van der Waals surface area contributed by atoms with Gasteiger partial charge in [-0.15, -0.1) is 0 Å². The van der Waals surface area contributed by atoms with E-state index in [1.807, 2.05) is 0 Å². The summed E-state index contributed by atoms with van der Waals surface area (Å²) >= 11 is -1.82. The molecule has 0 rings (SSSR count). The van der Waals surface area contributed by atoms with E-state index < -0.39 is 11.1 Å². The smallest absolute Gasteiger partial charge is 0.00731 e. The number of hydrogen-bond donors (Lipinski definition) is 0. The quantitative estimate of drug-likeness (QED) is 0.450. The van der Waals surface area contributed by atoms with Gasteiger partial charge in [0.1, 0.15) is 0 Å². The van der Waals surface area contributed by atoms with E-state index >= 15 is 0 Å². The van der Waals surface area contributed by atoms with Gasteiger partial charge in [-0.1, -0.05) is 18.0 Å². The molecule has 0 saturated heterocycles. The van der Waals surface area contributed by atoms with Crippen LogP contribution in [0.15, 0.2) is 0 Å². The molecule has 0 aliphatic heterocycles. The van der Waals surface area contributed by atoms with Gasteiger partial charge >= 0.3 is 0 Å². The Bertz CT molecular complexity index is 46.8. The molecule has 0 N–H and O–H groups in total. The van der Waals surface area contributed by atoms with Crippen LogP contribution in [0.3, 0.4) is 0 Å². The van der Waals surface area contributed by atoms with Crippen LogP contribution in [0.1, 0.15) is 6.92 Å². The Hall–Kier alpha value is 0.0400. The summed E-state index contributed by atoms with van der Waals surface area (Å²) in [6, 6.07) is 0. The van der Waals surface area contributed by atoms with Gasteiger partial charge in [-0.3, -0.25) is 8.91 Å². The fourth-order valence-corrected chi connectivity index (χ4v) is 0. The van der Waals surface area contributed by atoms with Crippen LogP contribution >= 0.6 is 0 Å². The highest BCUT2D eigenvalue weighted by molar-refractivity contribution is 7.79. The summed E-state index contributed by atoms with van der Waals surface area (Å²) < 4.78 is 18.7. The van der Waals surface area contributed by atoms with E-state index in [0.717, 1.165) is 0 Å². The van der Waals surface area contributed by atoms with Crippen LogP contribution in [-0.4, -0.2) is 14.5 Å². The summed E-state index contributed by atoms with van der Waals surface area (Å²) in [5.74, 6) is 0.222. The van der Waals surface area contributed by atoms with Crippen molar-refractivity contribution < 1.29 is 13.5 Å². The maximum atomic E-state index is 9.37. The molecule has 40 valence electrons. The molecule has 1 atom stereocenters. The SMILES string of the molecule is CCS(=O)[O-].F. The summed E-state index contributed by atoms with van der Waals surface area (Å²) in [5, 5.41) is 0. The van der Waals surface area contributed by atoms with E-state index in [2.05, 4.69) is 0 Å². The Labute approximate surface area is 38.2 Å². The molecule has 0 saturated carbocycles. The van der Waals surface area contributed by atoms with Crippen LogP contribution in [0.5, 0.6) is 0 Å². The molecule has 0 aromatic carbocycles. The average molecular weight is 113 g/mol. The maximum Gasteiger partial charge on any atom is 0.00731 e. The Morgan fingerprint density at radius 1 is 1.83 bits per heavy atom. The standard InChI is InChI=1S/C2H6O2S.FH/c1-2-5(3)4;/h2H2,1H3,(H,3,4);1H/p-1. The minimum Gasteiger partial charge on any atom is -0.772 e. The summed E-state index contributed by atoms with van der Waals surface area (Å²) in [7, 11) is 0. The zero-order valence-electron chi connectivity index (χ0n) is 3.34. The molecule has 0 aromatic rings. The van der Waals surface area contributed by atoms with E-state index in [0.29, 0.717) is 0 Å². The van der Waals surface area contributed by atoms with Gasteiger partial charge in [-0.25, -0.2) is 0 Å². The van der Waals surface area contributed by atoms with Crippen molar-refractivity contribution in [3.8, 4) is 0 Å². The van der Waals surface area contributed by atoms with E-state index in [9.17, 15) is 8.76 Å². The zero-order valence-corrected chi connectivity index (χ0v) is 4.16. The highest BCUT2D eigenvalue weighted by Gasteiger charge is 1.62. The Kier molecular flexibility index (Phi) is 7.90. The first-order chi connectivity index (χ1) is 2.27. The third kappa shape index (κ3) is 8.97. The van der Waals surface area contributed by atoms with Gasteiger partial charge < -0.3 is 4.55 Å². The van der Waals surface area contributed by atoms with Gasteiger partial charge in [-0.2, -0.15) is 0 Å². The van der Waals surface area contributed by atoms with Gasteiger partial charge in [0, 0.05) is 5.75 Å². The van der Waals surface area contributed by atoms with Gasteiger partial charge in [0.15, 0.2) is 0 Å². The average Bonchev–Trinajstić information content (AvgIpc) is 1.38. The number of halogens is 1.